The van der Waals surface area contributed by atoms with E-state index in [4.69, 9.17) is 22.5 Å². The molecule has 4 atom stereocenters. The van der Waals surface area contributed by atoms with E-state index < -0.39 is 78.2 Å². The van der Waals surface area contributed by atoms with Crippen LogP contribution in [0.3, 0.4) is 0 Å². The van der Waals surface area contributed by atoms with Crippen LogP contribution in [0.4, 0.5) is 0 Å². The number of nitrogens with one attached hydrogen (secondary N) is 12. The molecule has 4 saturated heterocycles. The zero-order chi connectivity index (χ0) is 54.1. The van der Waals surface area contributed by atoms with Crippen LogP contribution in [0.5, 0.6) is 5.75 Å². The van der Waals surface area contributed by atoms with Crippen molar-refractivity contribution in [2.45, 2.75) is 86.7 Å². The van der Waals surface area contributed by atoms with Crippen LogP contribution < -0.4 is 86.3 Å². The van der Waals surface area contributed by atoms with Gasteiger partial charge >= 0.3 is 5.97 Å². The smallest absolute Gasteiger partial charge is 0.305 e. The molecule has 0 aliphatic carbocycles. The van der Waals surface area contributed by atoms with Crippen LogP contribution in [-0.4, -0.2) is 191 Å². The molecule has 26 heteroatoms. The topological polar surface area (TPSA) is 409 Å². The van der Waals surface area contributed by atoms with E-state index in [-0.39, 0.29) is 61.9 Å². The van der Waals surface area contributed by atoms with Gasteiger partial charge in [-0.2, -0.15) is 0 Å². The first-order valence-electron chi connectivity index (χ1n) is 25.6. The largest absolute Gasteiger partial charge is 0.508 e. The molecule has 2 aromatic rings. The third kappa shape index (κ3) is 21.3. The van der Waals surface area contributed by atoms with Crippen LogP contribution in [-0.2, 0) is 41.7 Å². The average Bonchev–Trinajstić information content (AvgIpc) is 3.38. The minimum Gasteiger partial charge on any atom is -0.508 e. The number of fused-ring (bicyclic) bond motifs is 15. The van der Waals surface area contributed by atoms with Gasteiger partial charge in [0.05, 0.1) is 24.0 Å². The Balaban J connectivity index is 1.23. The van der Waals surface area contributed by atoms with Gasteiger partial charge in [-0.15, -0.1) is 0 Å². The number of nitrogens with two attached hydrogens (primary N) is 3. The Bertz CT molecular complexity index is 2170. The number of hydrogen-bond donors (Lipinski definition) is 17. The van der Waals surface area contributed by atoms with Crippen molar-refractivity contribution in [3.05, 3.63) is 65.2 Å². The number of benzene rings is 2. The molecule has 2 bridgehead atoms. The minimum absolute atomic E-state index is 0.0161. The van der Waals surface area contributed by atoms with Gasteiger partial charge in [-0.3, -0.25) is 38.6 Å². The third-order valence-corrected chi connectivity index (χ3v) is 12.9. The number of rotatable bonds is 17. The molecule has 26 nitrogen and oxygen atoms in total. The summed E-state index contributed by atoms with van der Waals surface area (Å²) in [7, 11) is 0. The van der Waals surface area contributed by atoms with E-state index >= 15 is 0 Å². The van der Waals surface area contributed by atoms with Gasteiger partial charge in [0.1, 0.15) is 29.9 Å². The maximum Gasteiger partial charge on any atom is 0.305 e. The standard InChI is InChI=1S/C49H78N17O9/c50-47(51)60-15-3-5-36-44(73)64-37(45(74)65-38(22-32-8-12-35(67)13-9-32)46(75)66-39(23-41(69)70)43(72)61-25-40(68)63-36)4-1-2-14-59-42(71)34-10-6-33(7-11-34)24-62-49-29-56-19-16-53-26-48(52,27-54-17-20-57-30-49)28-55-18-21-58-31-49/h6-13,36-39,53-57,62,67H,1-5,14-31,52H2,(H,59,71)(H,61,72)(H,63,68)(H,64,73)(H,65,74)(H,66,75)(H,69,70)(H4,50,51,60)/t36-,37-,38+,39-,48?,49?/m1/s1. The number of phenolic OH excluding ortho intramolecular Hbond substituents is 1. The van der Waals surface area contributed by atoms with Crippen molar-refractivity contribution in [1.82, 2.24) is 69.1 Å². The second-order valence-corrected chi connectivity index (χ2v) is 19.4. The van der Waals surface area contributed by atoms with E-state index in [1.54, 1.807) is 12.1 Å². The molecule has 75 heavy (non-hydrogen) atoms. The maximum atomic E-state index is 14.2. The number of aliphatic carboxylic acids is 1. The molecule has 0 aromatic heterocycles. The number of unbranched alkanes of at least 4 members (excludes halogenated alkanes) is 1. The summed E-state index contributed by atoms with van der Waals surface area (Å²) in [6.45, 7) is 8.55. The number of guanidine groups is 1. The zero-order valence-corrected chi connectivity index (χ0v) is 42.6. The molecule has 20 N–H and O–H groups in total. The zero-order valence-electron chi connectivity index (χ0n) is 42.6. The van der Waals surface area contributed by atoms with E-state index in [9.17, 15) is 43.8 Å². The number of hydrogen-bond acceptors (Lipinski definition) is 16. The van der Waals surface area contributed by atoms with Crippen molar-refractivity contribution < 1.29 is 43.8 Å². The summed E-state index contributed by atoms with van der Waals surface area (Å²) in [5.74, 6) is -6.22. The number of carbonyl (C=O) groups excluding carboxylic acids is 6. The highest BCUT2D eigenvalue weighted by molar-refractivity contribution is 5.98. The summed E-state index contributed by atoms with van der Waals surface area (Å²) in [5, 5.41) is 61.4. The van der Waals surface area contributed by atoms with Crippen molar-refractivity contribution in [2.24, 2.45) is 22.2 Å². The molecular weight excluding hydrogens is 971 g/mol. The van der Waals surface area contributed by atoms with E-state index in [0.29, 0.717) is 76.3 Å². The first-order chi connectivity index (χ1) is 36.0. The Hall–Kier alpha value is -6.52. The van der Waals surface area contributed by atoms with E-state index in [1.165, 1.54) is 24.3 Å². The second kappa shape index (κ2) is 30.8. The Labute approximate surface area is 437 Å². The fourth-order valence-corrected chi connectivity index (χ4v) is 8.71. The maximum absolute atomic E-state index is 14.2. The molecule has 4 heterocycles. The number of phenols is 1. The summed E-state index contributed by atoms with van der Waals surface area (Å²) < 4.78 is 0. The van der Waals surface area contributed by atoms with Gasteiger partial charge in [-0.1, -0.05) is 24.3 Å². The monoisotopic (exact) mass is 1050 g/mol. The molecule has 4 fully saturated rings. The van der Waals surface area contributed by atoms with Crippen molar-refractivity contribution >= 4 is 47.4 Å². The summed E-state index contributed by atoms with van der Waals surface area (Å²) >= 11 is 0. The Morgan fingerprint density at radius 2 is 1.24 bits per heavy atom. The number of carboxylic acid groups (broad SMARTS) is 1. The molecule has 6 rings (SSSR count). The number of nitrogens with zero attached hydrogens (tertiary/aromatic N) is 2. The molecule has 0 unspecified atom stereocenters. The lowest BCUT2D eigenvalue weighted by Gasteiger charge is -2.37. The molecule has 413 valence electrons. The normalized spacial score (nSPS) is 25.3. The van der Waals surface area contributed by atoms with Gasteiger partial charge in [-0.25, -0.2) is 5.32 Å². The second-order valence-electron chi connectivity index (χ2n) is 19.4. The first-order valence-corrected chi connectivity index (χ1v) is 25.6. The van der Waals surface area contributed by atoms with Gasteiger partial charge in [0.15, 0.2) is 5.96 Å². The van der Waals surface area contributed by atoms with Crippen LogP contribution in [0.25, 0.3) is 0 Å². The molecule has 4 aliphatic heterocycles. The van der Waals surface area contributed by atoms with Crippen molar-refractivity contribution in [1.29, 1.82) is 0 Å². The number of carboxylic acids is 1. The predicted molar refractivity (Wildman–Crippen MR) is 280 cm³/mol. The molecule has 1 radical (unpaired) electrons. The highest BCUT2D eigenvalue weighted by Crippen LogP contribution is 2.14. The van der Waals surface area contributed by atoms with Crippen molar-refractivity contribution in [3.8, 4) is 5.75 Å². The molecule has 0 saturated carbocycles. The average molecular weight is 1050 g/mol. The summed E-state index contributed by atoms with van der Waals surface area (Å²) in [6, 6.07) is 7.57. The van der Waals surface area contributed by atoms with Crippen LogP contribution >= 0.6 is 0 Å². The van der Waals surface area contributed by atoms with Crippen LogP contribution in [0.2, 0.25) is 0 Å². The number of aliphatic imine (C=N–C) groups is 1. The quantitative estimate of drug-likeness (QED) is 0.0399. The lowest BCUT2D eigenvalue weighted by molar-refractivity contribution is -0.141. The summed E-state index contributed by atoms with van der Waals surface area (Å²) in [4.78, 5) is 97.3. The number of amides is 6. The molecule has 4 aliphatic rings. The Morgan fingerprint density at radius 3 is 1.88 bits per heavy atom. The highest BCUT2D eigenvalue weighted by atomic mass is 16.4. The highest BCUT2D eigenvalue weighted by Gasteiger charge is 2.34. The molecule has 2 aromatic carbocycles. The lowest BCUT2D eigenvalue weighted by atomic mass is 9.97. The van der Waals surface area contributed by atoms with Crippen LogP contribution in [0.1, 0.15) is 60.0 Å². The molecule has 6 amide bonds. The van der Waals surface area contributed by atoms with E-state index in [0.717, 1.165) is 38.3 Å². The Morgan fingerprint density at radius 1 is 0.680 bits per heavy atom. The van der Waals surface area contributed by atoms with E-state index in [2.05, 4.69) is 68.8 Å². The molecular formula is C49H78N17O9. The van der Waals surface area contributed by atoms with Gasteiger partial charge in [0, 0.05) is 110 Å². The lowest BCUT2D eigenvalue weighted by Crippen LogP contribution is -2.65. The SMILES string of the molecule is NC(N)=NCCC[C@H]1NC(=O)CNC(=O)[C@@H](CC(=O)O)NC(=O)[C@H](Cc2ccc(O)cc2)NC(=O)[C@@H](CCCCNC(=O)c2ccc(CNC34C[N]CCNCC(N)(CNCCNC3)CNCCNC4)cc2)NC1=O. The van der Waals surface area contributed by atoms with Crippen molar-refractivity contribution in [3.63, 3.8) is 0 Å². The van der Waals surface area contributed by atoms with Gasteiger partial charge < -0.3 is 91.2 Å². The fourth-order valence-electron chi connectivity index (χ4n) is 8.71. The predicted octanol–water partition coefficient (Wildman–Crippen LogP) is -5.76. The van der Waals surface area contributed by atoms with Gasteiger partial charge in [-0.05, 0) is 67.5 Å². The number of aromatic hydroxyl groups is 1. The summed E-state index contributed by atoms with van der Waals surface area (Å²) in [5.41, 5.74) is 18.8. The van der Waals surface area contributed by atoms with Gasteiger partial charge in [0.2, 0.25) is 29.5 Å². The van der Waals surface area contributed by atoms with Crippen molar-refractivity contribution in [2.75, 3.05) is 98.2 Å². The molecule has 0 spiro atoms. The fraction of sp³-hybridized carbons (Fsp3) is 0.592. The first kappa shape index (κ1) is 59.4. The van der Waals surface area contributed by atoms with Crippen LogP contribution in [0.15, 0.2) is 53.5 Å². The minimum atomic E-state index is -1.65. The Kier molecular flexibility index (Phi) is 24.3. The number of carbonyl (C=O) groups is 7. The van der Waals surface area contributed by atoms with Gasteiger partial charge in [0.25, 0.3) is 5.91 Å². The van der Waals surface area contributed by atoms with E-state index in [1.807, 2.05) is 12.1 Å². The third-order valence-electron chi connectivity index (χ3n) is 12.9. The summed E-state index contributed by atoms with van der Waals surface area (Å²) in [6.07, 6.45) is -0.0670. The van der Waals surface area contributed by atoms with Crippen LogP contribution in [0, 0.1) is 0 Å².